The minimum absolute atomic E-state index is 0.228. The van der Waals surface area contributed by atoms with E-state index in [1.807, 2.05) is 20.2 Å². The quantitative estimate of drug-likeness (QED) is 0.830. The highest BCUT2D eigenvalue weighted by Crippen LogP contribution is 2.13. The van der Waals surface area contributed by atoms with Crippen molar-refractivity contribution in [3.63, 3.8) is 0 Å². The third-order valence-corrected chi connectivity index (χ3v) is 4.62. The topological polar surface area (TPSA) is 90.0 Å². The highest BCUT2D eigenvalue weighted by Gasteiger charge is 2.15. The van der Waals surface area contributed by atoms with Crippen LogP contribution in [0, 0.1) is 0 Å². The van der Waals surface area contributed by atoms with Crippen molar-refractivity contribution in [2.24, 2.45) is 12.8 Å². The second kappa shape index (κ2) is 6.38. The summed E-state index contributed by atoms with van der Waals surface area (Å²) >= 11 is 0. The predicted octanol–water partition coefficient (Wildman–Crippen LogP) is 0.920. The molecule has 0 unspecified atom stereocenters. The number of nitrogens with one attached hydrogen (secondary N) is 1. The molecule has 3 N–H and O–H groups in total. The summed E-state index contributed by atoms with van der Waals surface area (Å²) in [4.78, 5) is 0.229. The fourth-order valence-corrected chi connectivity index (χ4v) is 3.20. The lowest BCUT2D eigenvalue weighted by molar-refractivity contribution is 0.581. The molecule has 0 amide bonds. The van der Waals surface area contributed by atoms with Gasteiger partial charge in [-0.2, -0.15) is 5.10 Å². The van der Waals surface area contributed by atoms with Crippen LogP contribution in [-0.2, 0) is 36.6 Å². The molecular weight excluding hydrogens is 288 g/mol. The maximum atomic E-state index is 12.3. The van der Waals surface area contributed by atoms with Gasteiger partial charge >= 0.3 is 0 Å². The SMILES string of the molecule is CCc1nn(C)cc1CNS(=O)(=O)c1cccc(CN)c1. The average molecular weight is 308 g/mol. The van der Waals surface area contributed by atoms with Crippen molar-refractivity contribution in [2.75, 3.05) is 0 Å². The fraction of sp³-hybridized carbons (Fsp3) is 0.357. The number of sulfonamides is 1. The van der Waals surface area contributed by atoms with Crippen molar-refractivity contribution >= 4 is 10.0 Å². The third kappa shape index (κ3) is 3.69. The van der Waals surface area contributed by atoms with Crippen LogP contribution in [-0.4, -0.2) is 18.2 Å². The van der Waals surface area contributed by atoms with E-state index in [0.29, 0.717) is 6.54 Å². The zero-order valence-electron chi connectivity index (χ0n) is 12.2. The van der Waals surface area contributed by atoms with E-state index in [4.69, 9.17) is 5.73 Å². The molecule has 21 heavy (non-hydrogen) atoms. The Morgan fingerprint density at radius 2 is 2.14 bits per heavy atom. The summed E-state index contributed by atoms with van der Waals surface area (Å²) in [6.45, 7) is 2.53. The van der Waals surface area contributed by atoms with Gasteiger partial charge in [0.05, 0.1) is 10.6 Å². The molecule has 2 aromatic rings. The Morgan fingerprint density at radius 1 is 1.38 bits per heavy atom. The summed E-state index contributed by atoms with van der Waals surface area (Å²) in [7, 11) is -1.73. The van der Waals surface area contributed by atoms with Gasteiger partial charge in [-0.1, -0.05) is 19.1 Å². The van der Waals surface area contributed by atoms with Crippen LogP contribution in [0.15, 0.2) is 35.4 Å². The first-order valence-corrected chi connectivity index (χ1v) is 8.24. The van der Waals surface area contributed by atoms with E-state index in [1.54, 1.807) is 28.9 Å². The lowest BCUT2D eigenvalue weighted by Gasteiger charge is -2.07. The fourth-order valence-electron chi connectivity index (χ4n) is 2.12. The van der Waals surface area contributed by atoms with Gasteiger partial charge in [0.15, 0.2) is 0 Å². The number of nitrogens with zero attached hydrogens (tertiary/aromatic N) is 2. The number of benzene rings is 1. The highest BCUT2D eigenvalue weighted by atomic mass is 32.2. The Labute approximate surface area is 125 Å². The van der Waals surface area contributed by atoms with Crippen molar-refractivity contribution in [1.82, 2.24) is 14.5 Å². The molecule has 0 aliphatic rings. The first-order valence-electron chi connectivity index (χ1n) is 6.76. The Bertz CT molecular complexity index is 722. The maximum Gasteiger partial charge on any atom is 0.240 e. The molecule has 0 saturated carbocycles. The molecule has 0 atom stereocenters. The van der Waals surface area contributed by atoms with Crippen molar-refractivity contribution in [3.8, 4) is 0 Å². The Kier molecular flexibility index (Phi) is 4.76. The molecule has 0 bridgehead atoms. The van der Waals surface area contributed by atoms with E-state index < -0.39 is 10.0 Å². The van der Waals surface area contributed by atoms with Crippen LogP contribution < -0.4 is 10.5 Å². The van der Waals surface area contributed by atoms with Gasteiger partial charge in [-0.3, -0.25) is 4.68 Å². The molecule has 1 heterocycles. The summed E-state index contributed by atoms with van der Waals surface area (Å²) in [6, 6.07) is 6.64. The van der Waals surface area contributed by atoms with Gasteiger partial charge < -0.3 is 5.73 Å². The first kappa shape index (κ1) is 15.7. The standard InChI is InChI=1S/C14H20N4O2S/c1-3-14-12(10-18(2)17-14)9-16-21(19,20)13-6-4-5-11(7-13)8-15/h4-7,10,16H,3,8-9,15H2,1-2H3. The van der Waals surface area contributed by atoms with Crippen molar-refractivity contribution in [1.29, 1.82) is 0 Å². The van der Waals surface area contributed by atoms with Gasteiger partial charge in [0, 0.05) is 31.9 Å². The maximum absolute atomic E-state index is 12.3. The van der Waals surface area contributed by atoms with Crippen molar-refractivity contribution in [2.45, 2.75) is 31.3 Å². The summed E-state index contributed by atoms with van der Waals surface area (Å²) in [5.41, 5.74) is 8.11. The zero-order valence-corrected chi connectivity index (χ0v) is 13.0. The van der Waals surface area contributed by atoms with Crippen LogP contribution in [0.1, 0.15) is 23.7 Å². The first-order chi connectivity index (χ1) is 9.96. The van der Waals surface area contributed by atoms with Gasteiger partial charge in [-0.25, -0.2) is 13.1 Å². The molecule has 114 valence electrons. The smallest absolute Gasteiger partial charge is 0.240 e. The van der Waals surface area contributed by atoms with Crippen LogP contribution in [0.3, 0.4) is 0 Å². The monoisotopic (exact) mass is 308 g/mol. The van der Waals surface area contributed by atoms with E-state index >= 15 is 0 Å². The number of hydrogen-bond acceptors (Lipinski definition) is 4. The van der Waals surface area contributed by atoms with Gasteiger partial charge in [0.1, 0.15) is 0 Å². The minimum Gasteiger partial charge on any atom is -0.326 e. The van der Waals surface area contributed by atoms with Crippen molar-refractivity contribution in [3.05, 3.63) is 47.3 Å². The number of hydrogen-bond donors (Lipinski definition) is 2. The van der Waals surface area contributed by atoms with Crippen molar-refractivity contribution < 1.29 is 8.42 Å². The second-order valence-corrected chi connectivity index (χ2v) is 6.57. The van der Waals surface area contributed by atoms with Gasteiger partial charge in [-0.05, 0) is 24.1 Å². The lowest BCUT2D eigenvalue weighted by atomic mass is 10.2. The average Bonchev–Trinajstić information content (AvgIpc) is 2.85. The molecule has 0 aliphatic heterocycles. The Balaban J connectivity index is 2.17. The number of aromatic nitrogens is 2. The molecule has 7 heteroatoms. The number of aryl methyl sites for hydroxylation is 2. The molecule has 2 rings (SSSR count). The zero-order chi connectivity index (χ0) is 15.5. The Hall–Kier alpha value is -1.70. The molecule has 0 aliphatic carbocycles. The Morgan fingerprint density at radius 3 is 2.81 bits per heavy atom. The molecule has 0 spiro atoms. The van der Waals surface area contributed by atoms with Crippen LogP contribution >= 0.6 is 0 Å². The lowest BCUT2D eigenvalue weighted by Crippen LogP contribution is -2.23. The van der Waals surface area contributed by atoms with E-state index in [1.165, 1.54) is 0 Å². The number of nitrogens with two attached hydrogens (primary N) is 1. The van der Waals surface area contributed by atoms with Gasteiger partial charge in [-0.15, -0.1) is 0 Å². The van der Waals surface area contributed by atoms with Crippen LogP contribution in [0.4, 0.5) is 0 Å². The molecule has 0 saturated heterocycles. The summed E-state index contributed by atoms with van der Waals surface area (Å²) in [5, 5.41) is 4.30. The van der Waals surface area contributed by atoms with Crippen LogP contribution in [0.5, 0.6) is 0 Å². The van der Waals surface area contributed by atoms with Gasteiger partial charge in [0.2, 0.25) is 10.0 Å². The van der Waals surface area contributed by atoms with Crippen LogP contribution in [0.2, 0.25) is 0 Å². The molecule has 0 radical (unpaired) electrons. The predicted molar refractivity (Wildman–Crippen MR) is 80.9 cm³/mol. The summed E-state index contributed by atoms with van der Waals surface area (Å²) in [5.74, 6) is 0. The largest absolute Gasteiger partial charge is 0.326 e. The third-order valence-electron chi connectivity index (χ3n) is 3.22. The number of rotatable bonds is 6. The van der Waals surface area contributed by atoms with E-state index in [-0.39, 0.29) is 11.4 Å². The highest BCUT2D eigenvalue weighted by molar-refractivity contribution is 7.89. The normalized spacial score (nSPS) is 11.8. The molecule has 6 nitrogen and oxygen atoms in total. The molecular formula is C14H20N4O2S. The second-order valence-electron chi connectivity index (χ2n) is 4.80. The molecule has 1 aromatic heterocycles. The van der Waals surface area contributed by atoms with E-state index in [9.17, 15) is 8.42 Å². The van der Waals surface area contributed by atoms with Gasteiger partial charge in [0.25, 0.3) is 0 Å². The minimum atomic E-state index is -3.55. The van der Waals surface area contributed by atoms with Crippen LogP contribution in [0.25, 0.3) is 0 Å². The van der Waals surface area contributed by atoms with E-state index in [2.05, 4.69) is 9.82 Å². The summed E-state index contributed by atoms with van der Waals surface area (Å²) in [6.07, 6.45) is 2.60. The molecule has 1 aromatic carbocycles. The molecule has 0 fully saturated rings. The van der Waals surface area contributed by atoms with E-state index in [0.717, 1.165) is 23.2 Å². The summed E-state index contributed by atoms with van der Waals surface area (Å²) < 4.78 is 28.9.